The minimum atomic E-state index is 0.149. The maximum absolute atomic E-state index is 8.94. The highest BCUT2D eigenvalue weighted by atomic mass is 16.5. The van der Waals surface area contributed by atoms with Crippen LogP contribution in [0.4, 0.5) is 0 Å². The van der Waals surface area contributed by atoms with Crippen molar-refractivity contribution in [2.45, 2.75) is 26.9 Å². The van der Waals surface area contributed by atoms with Crippen LogP contribution >= 0.6 is 0 Å². The van der Waals surface area contributed by atoms with Gasteiger partial charge in [0.2, 0.25) is 0 Å². The zero-order chi connectivity index (χ0) is 9.19. The summed E-state index contributed by atoms with van der Waals surface area (Å²) in [5, 5.41) is 8.94. The molecule has 72 valence electrons. The first-order valence-electron chi connectivity index (χ1n) is 4.49. The van der Waals surface area contributed by atoms with E-state index in [1.807, 2.05) is 4.90 Å². The number of aliphatic hydroxyl groups is 1. The first kappa shape index (κ1) is 9.96. The smallest absolute Gasteiger partial charge is 0.0958 e. The lowest BCUT2D eigenvalue weighted by Gasteiger charge is -2.38. The summed E-state index contributed by atoms with van der Waals surface area (Å²) in [5.74, 6) is 0. The average molecular weight is 173 g/mol. The first-order chi connectivity index (χ1) is 5.54. The van der Waals surface area contributed by atoms with Crippen LogP contribution in [0.2, 0.25) is 0 Å². The van der Waals surface area contributed by atoms with Crippen molar-refractivity contribution in [1.82, 2.24) is 4.90 Å². The van der Waals surface area contributed by atoms with Gasteiger partial charge in [0, 0.05) is 13.1 Å². The van der Waals surface area contributed by atoms with Gasteiger partial charge in [-0.05, 0) is 5.41 Å². The largest absolute Gasteiger partial charge is 0.381 e. The molecular formula is C9H19NO2. The molecule has 0 aromatic rings. The summed E-state index contributed by atoms with van der Waals surface area (Å²) in [4.78, 5) is 2.01. The van der Waals surface area contributed by atoms with E-state index in [4.69, 9.17) is 9.84 Å². The molecule has 1 N–H and O–H groups in total. The Balaban J connectivity index is 2.46. The van der Waals surface area contributed by atoms with Crippen LogP contribution in [0.5, 0.6) is 0 Å². The molecule has 3 nitrogen and oxygen atoms in total. The van der Waals surface area contributed by atoms with E-state index in [1.54, 1.807) is 0 Å². The highest BCUT2D eigenvalue weighted by Gasteiger charge is 2.29. The molecule has 1 atom stereocenters. The molecular weight excluding hydrogens is 154 g/mol. The minimum absolute atomic E-state index is 0.149. The molecule has 0 amide bonds. The van der Waals surface area contributed by atoms with Crippen LogP contribution < -0.4 is 0 Å². The molecule has 0 bridgehead atoms. The lowest BCUT2D eigenvalue weighted by Crippen LogP contribution is -2.48. The SMILES string of the molecule is CC(C)(C)C1CN(CO)CCO1. The number of ether oxygens (including phenoxy) is 1. The number of nitrogens with zero attached hydrogens (tertiary/aromatic N) is 1. The maximum atomic E-state index is 8.94. The lowest BCUT2D eigenvalue weighted by molar-refractivity contribution is -0.0964. The maximum Gasteiger partial charge on any atom is 0.0958 e. The molecule has 0 spiro atoms. The average Bonchev–Trinajstić information content (AvgIpc) is 2.03. The summed E-state index contributed by atoms with van der Waals surface area (Å²) in [7, 11) is 0. The van der Waals surface area contributed by atoms with Gasteiger partial charge in [-0.1, -0.05) is 20.8 Å². The molecule has 1 unspecified atom stereocenters. The van der Waals surface area contributed by atoms with Crippen LogP contribution in [0.15, 0.2) is 0 Å². The molecule has 1 aliphatic rings. The Labute approximate surface area is 74.3 Å². The van der Waals surface area contributed by atoms with E-state index in [0.717, 1.165) is 19.7 Å². The third-order valence-electron chi connectivity index (χ3n) is 2.32. The van der Waals surface area contributed by atoms with Gasteiger partial charge in [0.05, 0.1) is 19.4 Å². The molecule has 12 heavy (non-hydrogen) atoms. The fraction of sp³-hybridized carbons (Fsp3) is 1.00. The molecule has 0 aliphatic carbocycles. The van der Waals surface area contributed by atoms with E-state index >= 15 is 0 Å². The van der Waals surface area contributed by atoms with E-state index in [9.17, 15) is 0 Å². The van der Waals surface area contributed by atoms with Gasteiger partial charge >= 0.3 is 0 Å². The molecule has 0 radical (unpaired) electrons. The van der Waals surface area contributed by atoms with Gasteiger partial charge in [-0.25, -0.2) is 0 Å². The van der Waals surface area contributed by atoms with Gasteiger partial charge < -0.3 is 9.84 Å². The zero-order valence-electron chi connectivity index (χ0n) is 8.21. The summed E-state index contributed by atoms with van der Waals surface area (Å²) >= 11 is 0. The van der Waals surface area contributed by atoms with Crippen molar-refractivity contribution in [3.63, 3.8) is 0 Å². The van der Waals surface area contributed by atoms with Gasteiger partial charge in [-0.3, -0.25) is 4.90 Å². The minimum Gasteiger partial charge on any atom is -0.381 e. The molecule has 1 heterocycles. The monoisotopic (exact) mass is 173 g/mol. The van der Waals surface area contributed by atoms with Crippen LogP contribution in [0.1, 0.15) is 20.8 Å². The summed E-state index contributed by atoms with van der Waals surface area (Å²) in [5.41, 5.74) is 0.174. The molecule has 1 rings (SSSR count). The van der Waals surface area contributed by atoms with Gasteiger partial charge in [0.1, 0.15) is 0 Å². The Kier molecular flexibility index (Phi) is 3.09. The van der Waals surface area contributed by atoms with Crippen LogP contribution in [0.3, 0.4) is 0 Å². The Morgan fingerprint density at radius 2 is 2.17 bits per heavy atom. The number of morpholine rings is 1. The van der Waals surface area contributed by atoms with E-state index < -0.39 is 0 Å². The van der Waals surface area contributed by atoms with Crippen molar-refractivity contribution in [3.8, 4) is 0 Å². The fourth-order valence-corrected chi connectivity index (χ4v) is 1.35. The summed E-state index contributed by atoms with van der Waals surface area (Å²) in [6, 6.07) is 0. The van der Waals surface area contributed by atoms with Crippen LogP contribution in [0.25, 0.3) is 0 Å². The van der Waals surface area contributed by atoms with Crippen molar-refractivity contribution in [2.75, 3.05) is 26.4 Å². The number of hydrogen-bond donors (Lipinski definition) is 1. The van der Waals surface area contributed by atoms with E-state index in [-0.39, 0.29) is 18.2 Å². The van der Waals surface area contributed by atoms with Crippen LogP contribution in [-0.2, 0) is 4.74 Å². The number of aliphatic hydroxyl groups excluding tert-OH is 1. The molecule has 0 aromatic heterocycles. The van der Waals surface area contributed by atoms with Crippen LogP contribution in [-0.4, -0.2) is 42.5 Å². The molecule has 1 saturated heterocycles. The predicted molar refractivity (Wildman–Crippen MR) is 47.9 cm³/mol. The lowest BCUT2D eigenvalue weighted by atomic mass is 9.88. The summed E-state index contributed by atoms with van der Waals surface area (Å²) in [6.45, 7) is 9.08. The fourth-order valence-electron chi connectivity index (χ4n) is 1.35. The van der Waals surface area contributed by atoms with Crippen molar-refractivity contribution in [2.24, 2.45) is 5.41 Å². The zero-order valence-corrected chi connectivity index (χ0v) is 8.21. The van der Waals surface area contributed by atoms with Gasteiger partial charge in [0.15, 0.2) is 0 Å². The normalized spacial score (nSPS) is 27.5. The van der Waals surface area contributed by atoms with E-state index in [0.29, 0.717) is 0 Å². The molecule has 1 aliphatic heterocycles. The second kappa shape index (κ2) is 3.73. The van der Waals surface area contributed by atoms with Gasteiger partial charge in [0.25, 0.3) is 0 Å². The Hall–Kier alpha value is -0.120. The van der Waals surface area contributed by atoms with Gasteiger partial charge in [-0.2, -0.15) is 0 Å². The standard InChI is InChI=1S/C9H19NO2/c1-9(2,3)8-6-10(7-11)4-5-12-8/h8,11H,4-7H2,1-3H3. The second-order valence-electron chi connectivity index (χ2n) is 4.44. The molecule has 0 aromatic carbocycles. The highest BCUT2D eigenvalue weighted by Crippen LogP contribution is 2.24. The predicted octanol–water partition coefficient (Wildman–Crippen LogP) is 0.683. The highest BCUT2D eigenvalue weighted by molar-refractivity contribution is 4.80. The number of rotatable bonds is 1. The van der Waals surface area contributed by atoms with Gasteiger partial charge in [-0.15, -0.1) is 0 Å². The van der Waals surface area contributed by atoms with Crippen molar-refractivity contribution in [3.05, 3.63) is 0 Å². The quantitative estimate of drug-likeness (QED) is 0.633. The summed E-state index contributed by atoms with van der Waals surface area (Å²) in [6.07, 6.45) is 0.249. The van der Waals surface area contributed by atoms with Crippen molar-refractivity contribution in [1.29, 1.82) is 0 Å². The Morgan fingerprint density at radius 1 is 1.50 bits per heavy atom. The molecule has 3 heteroatoms. The number of hydrogen-bond acceptors (Lipinski definition) is 3. The van der Waals surface area contributed by atoms with Crippen molar-refractivity contribution < 1.29 is 9.84 Å². The van der Waals surface area contributed by atoms with Crippen LogP contribution in [0, 0.1) is 5.41 Å². The Morgan fingerprint density at radius 3 is 2.67 bits per heavy atom. The second-order valence-corrected chi connectivity index (χ2v) is 4.44. The van der Waals surface area contributed by atoms with E-state index in [2.05, 4.69) is 20.8 Å². The topological polar surface area (TPSA) is 32.7 Å². The van der Waals surface area contributed by atoms with E-state index in [1.165, 1.54) is 0 Å². The molecule has 1 fully saturated rings. The molecule has 0 saturated carbocycles. The third kappa shape index (κ3) is 2.44. The first-order valence-corrected chi connectivity index (χ1v) is 4.49. The third-order valence-corrected chi connectivity index (χ3v) is 2.32. The summed E-state index contributed by atoms with van der Waals surface area (Å²) < 4.78 is 5.62. The van der Waals surface area contributed by atoms with Crippen molar-refractivity contribution >= 4 is 0 Å². The Bertz CT molecular complexity index is 142.